The number of nitrogens with zero attached hydrogens (tertiary/aromatic N) is 2. The number of aliphatic hydroxyl groups excluding tert-OH is 1. The van der Waals surface area contributed by atoms with Gasteiger partial charge in [0.1, 0.15) is 11.9 Å². The minimum atomic E-state index is -0.565. The molecule has 0 spiro atoms. The Kier molecular flexibility index (Phi) is 4.36. The first-order chi connectivity index (χ1) is 10.3. The van der Waals surface area contributed by atoms with Gasteiger partial charge >= 0.3 is 0 Å². The number of fused-ring (bicyclic) bond motifs is 1. The van der Waals surface area contributed by atoms with E-state index in [0.717, 1.165) is 30.8 Å². The first-order valence-corrected chi connectivity index (χ1v) is 7.67. The van der Waals surface area contributed by atoms with Crippen LogP contribution in [0.1, 0.15) is 36.4 Å². The summed E-state index contributed by atoms with van der Waals surface area (Å²) in [4.78, 5) is 4.37. The van der Waals surface area contributed by atoms with E-state index in [-0.39, 0.29) is 6.10 Å². The molecule has 2 aromatic rings. The van der Waals surface area contributed by atoms with E-state index in [2.05, 4.69) is 28.6 Å². The zero-order valence-corrected chi connectivity index (χ0v) is 12.4. The highest BCUT2D eigenvalue weighted by Crippen LogP contribution is 2.30. The molecule has 0 saturated carbocycles. The van der Waals surface area contributed by atoms with Crippen molar-refractivity contribution in [2.45, 2.75) is 44.9 Å². The Morgan fingerprint density at radius 1 is 1.43 bits per heavy atom. The smallest absolute Gasteiger partial charge is 0.111 e. The van der Waals surface area contributed by atoms with E-state index in [1.807, 2.05) is 18.3 Å². The molecule has 0 fully saturated rings. The third kappa shape index (κ3) is 3.01. The lowest BCUT2D eigenvalue weighted by Gasteiger charge is -2.29. The van der Waals surface area contributed by atoms with Crippen LogP contribution >= 0.6 is 0 Å². The predicted molar refractivity (Wildman–Crippen MR) is 81.1 cm³/mol. The fourth-order valence-electron chi connectivity index (χ4n) is 3.01. The van der Waals surface area contributed by atoms with Crippen LogP contribution in [0.15, 0.2) is 36.7 Å². The normalized spacial score (nSPS) is 19.2. The second-order valence-corrected chi connectivity index (χ2v) is 5.55. The molecule has 0 aliphatic carbocycles. The van der Waals surface area contributed by atoms with Crippen LogP contribution in [0.2, 0.25) is 0 Å². The van der Waals surface area contributed by atoms with E-state index in [0.29, 0.717) is 13.0 Å². The van der Waals surface area contributed by atoms with Crippen molar-refractivity contribution in [2.24, 2.45) is 0 Å². The zero-order valence-electron chi connectivity index (χ0n) is 12.4. The molecular weight excluding hydrogens is 264 g/mol. The SMILES string of the molecule is CCCn1ccnc1CC(O)C1OCCc2ccccc21. The highest BCUT2D eigenvalue weighted by molar-refractivity contribution is 5.31. The van der Waals surface area contributed by atoms with Gasteiger partial charge < -0.3 is 14.4 Å². The van der Waals surface area contributed by atoms with E-state index in [1.165, 1.54) is 5.56 Å². The molecule has 0 amide bonds. The fraction of sp³-hybridized carbons (Fsp3) is 0.471. The number of aryl methyl sites for hydroxylation is 1. The van der Waals surface area contributed by atoms with Gasteiger partial charge in [-0.1, -0.05) is 31.2 Å². The molecule has 2 atom stereocenters. The minimum Gasteiger partial charge on any atom is -0.390 e. The minimum absolute atomic E-state index is 0.248. The Morgan fingerprint density at radius 3 is 3.14 bits per heavy atom. The highest BCUT2D eigenvalue weighted by Gasteiger charge is 2.28. The third-order valence-electron chi connectivity index (χ3n) is 4.04. The molecule has 1 N–H and O–H groups in total. The largest absolute Gasteiger partial charge is 0.390 e. The summed E-state index contributed by atoms with van der Waals surface area (Å²) >= 11 is 0. The Labute approximate surface area is 125 Å². The number of aliphatic hydroxyl groups is 1. The first kappa shape index (κ1) is 14.3. The van der Waals surface area contributed by atoms with Gasteiger partial charge in [-0.05, 0) is 24.0 Å². The molecule has 1 aromatic heterocycles. The van der Waals surface area contributed by atoms with Crippen LogP contribution < -0.4 is 0 Å². The second kappa shape index (κ2) is 6.41. The van der Waals surface area contributed by atoms with Crippen molar-refractivity contribution in [3.63, 3.8) is 0 Å². The van der Waals surface area contributed by atoms with Gasteiger partial charge in [-0.3, -0.25) is 0 Å². The molecule has 0 bridgehead atoms. The summed E-state index contributed by atoms with van der Waals surface area (Å²) in [5.41, 5.74) is 2.40. The number of rotatable bonds is 5. The Bertz CT molecular complexity index is 594. The van der Waals surface area contributed by atoms with E-state index < -0.39 is 6.10 Å². The summed E-state index contributed by atoms with van der Waals surface area (Å²) in [7, 11) is 0. The van der Waals surface area contributed by atoms with Gasteiger partial charge in [0.2, 0.25) is 0 Å². The van der Waals surface area contributed by atoms with Gasteiger partial charge in [-0.25, -0.2) is 4.98 Å². The number of hydrogen-bond acceptors (Lipinski definition) is 3. The number of hydrogen-bond donors (Lipinski definition) is 1. The van der Waals surface area contributed by atoms with Crippen LogP contribution in [-0.2, 0) is 24.1 Å². The summed E-state index contributed by atoms with van der Waals surface area (Å²) in [6.07, 6.45) is 5.46. The fourth-order valence-corrected chi connectivity index (χ4v) is 3.01. The first-order valence-electron chi connectivity index (χ1n) is 7.67. The summed E-state index contributed by atoms with van der Waals surface area (Å²) in [6.45, 7) is 3.74. The average Bonchev–Trinajstić information content (AvgIpc) is 2.94. The van der Waals surface area contributed by atoms with Gasteiger partial charge in [0, 0.05) is 25.4 Å². The molecule has 21 heavy (non-hydrogen) atoms. The summed E-state index contributed by atoms with van der Waals surface area (Å²) < 4.78 is 7.94. The molecule has 2 unspecified atom stereocenters. The van der Waals surface area contributed by atoms with Crippen molar-refractivity contribution in [3.8, 4) is 0 Å². The Morgan fingerprint density at radius 2 is 2.29 bits per heavy atom. The molecule has 112 valence electrons. The topological polar surface area (TPSA) is 47.3 Å². The quantitative estimate of drug-likeness (QED) is 0.918. The summed E-state index contributed by atoms with van der Waals surface area (Å²) in [5.74, 6) is 0.927. The van der Waals surface area contributed by atoms with Gasteiger partial charge in [0.05, 0.1) is 12.7 Å². The molecule has 1 aliphatic rings. The number of imidazole rings is 1. The van der Waals surface area contributed by atoms with Crippen molar-refractivity contribution in [1.82, 2.24) is 9.55 Å². The Balaban J connectivity index is 1.77. The molecule has 2 heterocycles. The van der Waals surface area contributed by atoms with Gasteiger partial charge in [-0.15, -0.1) is 0 Å². The zero-order chi connectivity index (χ0) is 14.7. The standard InChI is InChI=1S/C17H22N2O2/c1-2-9-19-10-8-18-16(19)12-15(20)17-14-6-4-3-5-13(14)7-11-21-17/h3-6,8,10,15,17,20H,2,7,9,11-12H2,1H3. The maximum absolute atomic E-state index is 10.6. The van der Waals surface area contributed by atoms with E-state index in [4.69, 9.17) is 4.74 Å². The predicted octanol–water partition coefficient (Wildman–Crippen LogP) is 2.51. The van der Waals surface area contributed by atoms with Crippen LogP contribution in [0.3, 0.4) is 0 Å². The van der Waals surface area contributed by atoms with E-state index in [1.54, 1.807) is 6.20 Å². The molecular formula is C17H22N2O2. The van der Waals surface area contributed by atoms with Gasteiger partial charge in [-0.2, -0.15) is 0 Å². The van der Waals surface area contributed by atoms with E-state index >= 15 is 0 Å². The van der Waals surface area contributed by atoms with Crippen molar-refractivity contribution in [2.75, 3.05) is 6.61 Å². The maximum Gasteiger partial charge on any atom is 0.111 e. The van der Waals surface area contributed by atoms with Crippen molar-refractivity contribution < 1.29 is 9.84 Å². The van der Waals surface area contributed by atoms with Crippen molar-refractivity contribution >= 4 is 0 Å². The van der Waals surface area contributed by atoms with Crippen LogP contribution in [0.5, 0.6) is 0 Å². The molecule has 0 saturated heterocycles. The molecule has 0 radical (unpaired) electrons. The summed E-state index contributed by atoms with van der Waals surface area (Å²) in [6, 6.07) is 8.23. The third-order valence-corrected chi connectivity index (χ3v) is 4.04. The maximum atomic E-state index is 10.6. The highest BCUT2D eigenvalue weighted by atomic mass is 16.5. The van der Waals surface area contributed by atoms with Gasteiger partial charge in [0.15, 0.2) is 0 Å². The van der Waals surface area contributed by atoms with Crippen LogP contribution in [0, 0.1) is 0 Å². The molecule has 1 aromatic carbocycles. The lowest BCUT2D eigenvalue weighted by Crippen LogP contribution is -2.29. The second-order valence-electron chi connectivity index (χ2n) is 5.55. The lowest BCUT2D eigenvalue weighted by atomic mass is 9.93. The monoisotopic (exact) mass is 286 g/mol. The number of ether oxygens (including phenoxy) is 1. The van der Waals surface area contributed by atoms with Crippen molar-refractivity contribution in [3.05, 3.63) is 53.6 Å². The van der Waals surface area contributed by atoms with Crippen LogP contribution in [-0.4, -0.2) is 27.4 Å². The lowest BCUT2D eigenvalue weighted by molar-refractivity contribution is -0.0470. The molecule has 4 heteroatoms. The summed E-state index contributed by atoms with van der Waals surface area (Å²) in [5, 5.41) is 10.6. The van der Waals surface area contributed by atoms with Crippen LogP contribution in [0.4, 0.5) is 0 Å². The molecule has 4 nitrogen and oxygen atoms in total. The molecule has 3 rings (SSSR count). The molecule has 1 aliphatic heterocycles. The van der Waals surface area contributed by atoms with E-state index in [9.17, 15) is 5.11 Å². The number of aromatic nitrogens is 2. The van der Waals surface area contributed by atoms with Crippen molar-refractivity contribution in [1.29, 1.82) is 0 Å². The van der Waals surface area contributed by atoms with Crippen LogP contribution in [0.25, 0.3) is 0 Å². The average molecular weight is 286 g/mol. The Hall–Kier alpha value is -1.65. The van der Waals surface area contributed by atoms with Gasteiger partial charge in [0.25, 0.3) is 0 Å². The number of benzene rings is 1.